The number of anilines is 1. The number of rotatable bonds is 4. The first-order valence-electron chi connectivity index (χ1n) is 6.67. The highest BCUT2D eigenvalue weighted by atomic mass is 19.4. The minimum absolute atomic E-state index is 0.419. The van der Waals surface area contributed by atoms with Gasteiger partial charge in [-0.05, 0) is 25.5 Å². The van der Waals surface area contributed by atoms with Gasteiger partial charge in [-0.3, -0.25) is 0 Å². The summed E-state index contributed by atoms with van der Waals surface area (Å²) in [4.78, 5) is 8.60. The van der Waals surface area contributed by atoms with Gasteiger partial charge < -0.3 is 5.32 Å². The lowest BCUT2D eigenvalue weighted by atomic mass is 10.1. The molecule has 0 saturated carbocycles. The van der Waals surface area contributed by atoms with E-state index in [2.05, 4.69) is 15.3 Å². The molecule has 6 heteroatoms. The van der Waals surface area contributed by atoms with Crippen molar-refractivity contribution in [1.82, 2.24) is 9.97 Å². The van der Waals surface area contributed by atoms with Gasteiger partial charge in [0, 0.05) is 23.9 Å². The fraction of sp³-hybridized carbons (Fsp3) is 0.333. The van der Waals surface area contributed by atoms with Crippen molar-refractivity contribution in [2.45, 2.75) is 26.4 Å². The zero-order valence-corrected chi connectivity index (χ0v) is 11.8. The number of alkyl halides is 3. The molecular formula is C15H16F3N3. The Hall–Kier alpha value is -2.11. The van der Waals surface area contributed by atoms with E-state index < -0.39 is 11.7 Å². The molecule has 1 aromatic heterocycles. The maximum atomic E-state index is 12.5. The van der Waals surface area contributed by atoms with Gasteiger partial charge in [0.05, 0.1) is 5.56 Å². The quantitative estimate of drug-likeness (QED) is 0.914. The Morgan fingerprint density at radius 1 is 1.10 bits per heavy atom. The molecule has 0 aliphatic heterocycles. The molecule has 2 rings (SSSR count). The first-order valence-corrected chi connectivity index (χ1v) is 6.67. The van der Waals surface area contributed by atoms with Crippen LogP contribution < -0.4 is 5.32 Å². The first-order chi connectivity index (χ1) is 9.90. The van der Waals surface area contributed by atoms with Crippen molar-refractivity contribution in [1.29, 1.82) is 0 Å². The first kappa shape index (κ1) is 15.3. The van der Waals surface area contributed by atoms with Crippen LogP contribution in [0, 0.1) is 6.92 Å². The molecule has 0 aliphatic carbocycles. The molecule has 0 bridgehead atoms. The van der Waals surface area contributed by atoms with Crippen molar-refractivity contribution in [3.63, 3.8) is 0 Å². The number of nitrogens with zero attached hydrogens (tertiary/aromatic N) is 2. The predicted octanol–water partition coefficient (Wildman–Crippen LogP) is 4.29. The van der Waals surface area contributed by atoms with Crippen LogP contribution >= 0.6 is 0 Å². The summed E-state index contributed by atoms with van der Waals surface area (Å²) in [5, 5.41) is 3.15. The van der Waals surface area contributed by atoms with E-state index in [4.69, 9.17) is 0 Å². The molecule has 21 heavy (non-hydrogen) atoms. The second-order valence-electron chi connectivity index (χ2n) is 4.72. The predicted molar refractivity (Wildman–Crippen MR) is 76.0 cm³/mol. The molecule has 0 aliphatic rings. The average molecular weight is 295 g/mol. The SMILES string of the molecule is CCCNc1cc(C)nc(-c2ccc(C(F)(F)F)cc2)n1. The maximum absolute atomic E-state index is 12.5. The zero-order valence-electron chi connectivity index (χ0n) is 11.8. The van der Waals surface area contributed by atoms with Gasteiger partial charge in [0.25, 0.3) is 0 Å². The van der Waals surface area contributed by atoms with Crippen LogP contribution in [0.25, 0.3) is 11.4 Å². The van der Waals surface area contributed by atoms with Crippen molar-refractivity contribution in [3.8, 4) is 11.4 Å². The lowest BCUT2D eigenvalue weighted by molar-refractivity contribution is -0.137. The smallest absolute Gasteiger partial charge is 0.370 e. The molecule has 1 heterocycles. The molecule has 1 aromatic carbocycles. The second-order valence-corrected chi connectivity index (χ2v) is 4.72. The highest BCUT2D eigenvalue weighted by Gasteiger charge is 2.30. The number of hydrogen-bond donors (Lipinski definition) is 1. The summed E-state index contributed by atoms with van der Waals surface area (Å²) < 4.78 is 37.6. The molecule has 0 fully saturated rings. The Labute approximate surface area is 121 Å². The average Bonchev–Trinajstić information content (AvgIpc) is 2.44. The lowest BCUT2D eigenvalue weighted by Crippen LogP contribution is -2.05. The number of aryl methyl sites for hydroxylation is 1. The van der Waals surface area contributed by atoms with E-state index in [9.17, 15) is 13.2 Å². The van der Waals surface area contributed by atoms with Crippen LogP contribution in [-0.2, 0) is 6.18 Å². The summed E-state index contributed by atoms with van der Waals surface area (Å²) in [6.07, 6.45) is -3.38. The summed E-state index contributed by atoms with van der Waals surface area (Å²) in [6.45, 7) is 4.65. The van der Waals surface area contributed by atoms with E-state index in [1.807, 2.05) is 19.9 Å². The van der Waals surface area contributed by atoms with Gasteiger partial charge >= 0.3 is 6.18 Å². The third kappa shape index (κ3) is 3.93. The Morgan fingerprint density at radius 3 is 2.33 bits per heavy atom. The summed E-state index contributed by atoms with van der Waals surface area (Å²) in [5.74, 6) is 1.10. The van der Waals surface area contributed by atoms with Crippen molar-refractivity contribution in [2.75, 3.05) is 11.9 Å². The summed E-state index contributed by atoms with van der Waals surface area (Å²) in [6, 6.07) is 6.67. The largest absolute Gasteiger partial charge is 0.416 e. The number of nitrogens with one attached hydrogen (secondary N) is 1. The van der Waals surface area contributed by atoms with Gasteiger partial charge in [0.1, 0.15) is 5.82 Å². The van der Waals surface area contributed by atoms with Crippen LogP contribution in [0.3, 0.4) is 0 Å². The Bertz CT molecular complexity index is 607. The van der Waals surface area contributed by atoms with Gasteiger partial charge in [0.2, 0.25) is 0 Å². The molecule has 0 saturated heterocycles. The maximum Gasteiger partial charge on any atom is 0.416 e. The monoisotopic (exact) mass is 295 g/mol. The van der Waals surface area contributed by atoms with Gasteiger partial charge in [-0.1, -0.05) is 19.1 Å². The zero-order chi connectivity index (χ0) is 15.5. The third-order valence-corrected chi connectivity index (χ3v) is 2.88. The number of hydrogen-bond acceptors (Lipinski definition) is 3. The molecule has 0 spiro atoms. The van der Waals surface area contributed by atoms with Crippen LogP contribution in [-0.4, -0.2) is 16.5 Å². The Kier molecular flexibility index (Phi) is 4.45. The molecule has 2 aromatic rings. The summed E-state index contributed by atoms with van der Waals surface area (Å²) >= 11 is 0. The second kappa shape index (κ2) is 6.11. The van der Waals surface area contributed by atoms with Crippen molar-refractivity contribution < 1.29 is 13.2 Å². The van der Waals surface area contributed by atoms with Gasteiger partial charge in [0.15, 0.2) is 5.82 Å². The Balaban J connectivity index is 2.31. The summed E-state index contributed by atoms with van der Waals surface area (Å²) in [7, 11) is 0. The van der Waals surface area contributed by atoms with Crippen LogP contribution in [0.15, 0.2) is 30.3 Å². The highest BCUT2D eigenvalue weighted by molar-refractivity contribution is 5.58. The van der Waals surface area contributed by atoms with Gasteiger partial charge in [-0.15, -0.1) is 0 Å². The van der Waals surface area contributed by atoms with E-state index in [1.54, 1.807) is 0 Å². The molecule has 1 N–H and O–H groups in total. The van der Waals surface area contributed by atoms with Crippen LogP contribution in [0.1, 0.15) is 24.6 Å². The summed E-state index contributed by atoms with van der Waals surface area (Å²) in [5.41, 5.74) is 0.646. The van der Waals surface area contributed by atoms with Crippen molar-refractivity contribution in [3.05, 3.63) is 41.6 Å². The molecule has 112 valence electrons. The van der Waals surface area contributed by atoms with E-state index >= 15 is 0 Å². The number of benzene rings is 1. The number of aromatic nitrogens is 2. The molecule has 3 nitrogen and oxygen atoms in total. The van der Waals surface area contributed by atoms with Crippen LogP contribution in [0.2, 0.25) is 0 Å². The molecule has 0 atom stereocenters. The third-order valence-electron chi connectivity index (χ3n) is 2.88. The van der Waals surface area contributed by atoms with Crippen molar-refractivity contribution in [2.24, 2.45) is 0 Å². The van der Waals surface area contributed by atoms with E-state index in [1.165, 1.54) is 12.1 Å². The van der Waals surface area contributed by atoms with E-state index in [0.29, 0.717) is 17.2 Å². The lowest BCUT2D eigenvalue weighted by Gasteiger charge is -2.09. The highest BCUT2D eigenvalue weighted by Crippen LogP contribution is 2.30. The van der Waals surface area contributed by atoms with E-state index in [-0.39, 0.29) is 0 Å². The molecular weight excluding hydrogens is 279 g/mol. The minimum Gasteiger partial charge on any atom is -0.370 e. The molecule has 0 unspecified atom stereocenters. The van der Waals surface area contributed by atoms with Gasteiger partial charge in [-0.25, -0.2) is 9.97 Å². The standard InChI is InChI=1S/C15H16F3N3/c1-3-8-19-13-9-10(2)20-14(21-13)11-4-6-12(7-5-11)15(16,17)18/h4-7,9H,3,8H2,1-2H3,(H,19,20,21). The molecule has 0 radical (unpaired) electrons. The normalized spacial score (nSPS) is 11.5. The topological polar surface area (TPSA) is 37.8 Å². The van der Waals surface area contributed by atoms with Gasteiger partial charge in [-0.2, -0.15) is 13.2 Å². The fourth-order valence-corrected chi connectivity index (χ4v) is 1.85. The van der Waals surface area contributed by atoms with Crippen LogP contribution in [0.5, 0.6) is 0 Å². The molecule has 0 amide bonds. The van der Waals surface area contributed by atoms with Crippen LogP contribution in [0.4, 0.5) is 19.0 Å². The Morgan fingerprint density at radius 2 is 1.76 bits per heavy atom. The van der Waals surface area contributed by atoms with Crippen molar-refractivity contribution >= 4 is 5.82 Å². The fourth-order valence-electron chi connectivity index (χ4n) is 1.85. The minimum atomic E-state index is -4.33. The van der Waals surface area contributed by atoms with E-state index in [0.717, 1.165) is 30.8 Å². The number of halogens is 3.